The Balaban J connectivity index is 1.47. The molecule has 3 aromatic rings. The summed E-state index contributed by atoms with van der Waals surface area (Å²) in [5.41, 5.74) is 0.928. The van der Waals surface area contributed by atoms with Crippen LogP contribution < -0.4 is 10.1 Å². The zero-order valence-corrected chi connectivity index (χ0v) is 14.8. The number of hydrogen-bond donors (Lipinski definition) is 1. The van der Waals surface area contributed by atoms with E-state index < -0.39 is 31.0 Å². The second-order valence-corrected chi connectivity index (χ2v) is 5.74. The van der Waals surface area contributed by atoms with Crippen LogP contribution in [0.25, 0.3) is 11.0 Å². The van der Waals surface area contributed by atoms with Crippen LogP contribution in [0.2, 0.25) is 0 Å². The molecule has 0 aliphatic heterocycles. The summed E-state index contributed by atoms with van der Waals surface area (Å²) in [4.78, 5) is 35.6. The maximum atomic E-state index is 12.1. The number of aromatic nitrogens is 1. The van der Waals surface area contributed by atoms with Gasteiger partial charge in [0.15, 0.2) is 12.2 Å². The molecule has 150 valence electrons. The Bertz CT molecular complexity index is 1030. The van der Waals surface area contributed by atoms with Crippen LogP contribution in [-0.4, -0.2) is 36.2 Å². The molecule has 1 N–H and O–H groups in total. The summed E-state index contributed by atoms with van der Waals surface area (Å²) >= 11 is 0. The second-order valence-electron chi connectivity index (χ2n) is 5.74. The van der Waals surface area contributed by atoms with Gasteiger partial charge < -0.3 is 14.0 Å². The van der Waals surface area contributed by atoms with Crippen molar-refractivity contribution >= 4 is 28.8 Å². The largest absolute Gasteiger partial charge is 0.455 e. The van der Waals surface area contributed by atoms with Crippen molar-refractivity contribution in [3.05, 3.63) is 59.8 Å². The fourth-order valence-corrected chi connectivity index (χ4v) is 2.42. The molecule has 0 unspecified atom stereocenters. The number of para-hydroxylation sites is 1. The van der Waals surface area contributed by atoms with Crippen molar-refractivity contribution in [1.29, 1.82) is 0 Å². The van der Waals surface area contributed by atoms with Crippen molar-refractivity contribution in [2.24, 2.45) is 0 Å². The van der Waals surface area contributed by atoms with Gasteiger partial charge in [-0.15, -0.1) is 0 Å². The molecule has 1 aromatic heterocycles. The Morgan fingerprint density at radius 1 is 1.07 bits per heavy atom. The molecule has 0 spiro atoms. The molecule has 0 atom stereocenters. The first-order valence-electron chi connectivity index (χ1n) is 8.30. The maximum absolute atomic E-state index is 12.1. The molecule has 0 saturated heterocycles. The normalized spacial score (nSPS) is 10.7. The number of fused-ring (bicyclic) bond motifs is 1. The number of carbonyl (C=O) groups excluding carboxylic acids is 3. The van der Waals surface area contributed by atoms with Gasteiger partial charge in [0.2, 0.25) is 0 Å². The standard InChI is InChI=1S/C19H14F2N2O6/c20-19(21)28-12-7-5-11(6-8-12)18(26)22-16(24)10-27-17(25)9-14-13-3-1-2-4-15(13)29-23-14/h1-8,19H,9-10H2,(H,22,24,26). The second kappa shape index (κ2) is 8.91. The van der Waals surface area contributed by atoms with E-state index in [9.17, 15) is 23.2 Å². The molecule has 8 nitrogen and oxygen atoms in total. The fraction of sp³-hybridized carbons (Fsp3) is 0.158. The van der Waals surface area contributed by atoms with Gasteiger partial charge in [0, 0.05) is 10.9 Å². The Morgan fingerprint density at radius 3 is 2.52 bits per heavy atom. The van der Waals surface area contributed by atoms with Gasteiger partial charge in [-0.1, -0.05) is 17.3 Å². The predicted molar refractivity (Wildman–Crippen MR) is 94.2 cm³/mol. The van der Waals surface area contributed by atoms with Crippen molar-refractivity contribution in [1.82, 2.24) is 10.5 Å². The first-order valence-corrected chi connectivity index (χ1v) is 8.30. The number of alkyl halides is 2. The lowest BCUT2D eigenvalue weighted by atomic mass is 10.2. The van der Waals surface area contributed by atoms with E-state index in [-0.39, 0.29) is 17.7 Å². The lowest BCUT2D eigenvalue weighted by Gasteiger charge is -2.07. The van der Waals surface area contributed by atoms with E-state index in [1.165, 1.54) is 12.1 Å². The van der Waals surface area contributed by atoms with Crippen LogP contribution in [0.5, 0.6) is 5.75 Å². The SMILES string of the molecule is O=C(COC(=O)Cc1noc2ccccc12)NC(=O)c1ccc(OC(F)F)cc1. The quantitative estimate of drug-likeness (QED) is 0.603. The number of nitrogens with zero attached hydrogens (tertiary/aromatic N) is 1. The molecule has 2 amide bonds. The highest BCUT2D eigenvalue weighted by molar-refractivity contribution is 6.05. The van der Waals surface area contributed by atoms with Gasteiger partial charge in [-0.05, 0) is 36.4 Å². The smallest absolute Gasteiger partial charge is 0.387 e. The predicted octanol–water partition coefficient (Wildman–Crippen LogP) is 2.47. The number of rotatable bonds is 7. The Labute approximate surface area is 162 Å². The molecule has 0 saturated carbocycles. The van der Waals surface area contributed by atoms with Crippen molar-refractivity contribution in [2.75, 3.05) is 6.61 Å². The van der Waals surface area contributed by atoms with Gasteiger partial charge >= 0.3 is 12.6 Å². The molecule has 0 aliphatic carbocycles. The van der Waals surface area contributed by atoms with Crippen molar-refractivity contribution in [3.8, 4) is 5.75 Å². The average molecular weight is 404 g/mol. The molecule has 3 rings (SSSR count). The zero-order valence-electron chi connectivity index (χ0n) is 14.8. The van der Waals surface area contributed by atoms with Gasteiger partial charge in [-0.25, -0.2) is 0 Å². The summed E-state index contributed by atoms with van der Waals surface area (Å²) in [6.07, 6.45) is -0.205. The number of nitrogens with one attached hydrogen (secondary N) is 1. The molecule has 0 radical (unpaired) electrons. The number of carbonyl (C=O) groups is 3. The van der Waals surface area contributed by atoms with Crippen molar-refractivity contribution < 1.29 is 37.2 Å². The Morgan fingerprint density at radius 2 is 1.79 bits per heavy atom. The van der Waals surface area contributed by atoms with Crippen molar-refractivity contribution in [2.45, 2.75) is 13.0 Å². The molecular formula is C19H14F2N2O6. The minimum absolute atomic E-state index is 0.0420. The molecule has 0 bridgehead atoms. The monoisotopic (exact) mass is 404 g/mol. The van der Waals surface area contributed by atoms with Crippen LogP contribution in [0.15, 0.2) is 53.1 Å². The van der Waals surface area contributed by atoms with E-state index in [2.05, 4.69) is 9.89 Å². The van der Waals surface area contributed by atoms with Crippen LogP contribution in [0, 0.1) is 0 Å². The third-order valence-corrected chi connectivity index (χ3v) is 3.72. The number of imide groups is 1. The summed E-state index contributed by atoms with van der Waals surface area (Å²) < 4.78 is 38.3. The van der Waals surface area contributed by atoms with Gasteiger partial charge in [0.25, 0.3) is 11.8 Å². The Kier molecular flexibility index (Phi) is 6.12. The van der Waals surface area contributed by atoms with E-state index in [1.807, 2.05) is 5.32 Å². The first-order chi connectivity index (χ1) is 13.9. The third kappa shape index (κ3) is 5.34. The molecule has 2 aromatic carbocycles. The number of benzene rings is 2. The Hall–Kier alpha value is -3.82. The summed E-state index contributed by atoms with van der Waals surface area (Å²) in [6, 6.07) is 11.7. The third-order valence-electron chi connectivity index (χ3n) is 3.72. The number of esters is 1. The number of ether oxygens (including phenoxy) is 2. The summed E-state index contributed by atoms with van der Waals surface area (Å²) in [5, 5.41) is 6.47. The summed E-state index contributed by atoms with van der Waals surface area (Å²) in [7, 11) is 0. The summed E-state index contributed by atoms with van der Waals surface area (Å²) in [5.74, 6) is -2.48. The molecule has 29 heavy (non-hydrogen) atoms. The minimum Gasteiger partial charge on any atom is -0.455 e. The number of amides is 2. The van der Waals surface area contributed by atoms with Crippen molar-refractivity contribution in [3.63, 3.8) is 0 Å². The topological polar surface area (TPSA) is 108 Å². The van der Waals surface area contributed by atoms with Gasteiger partial charge in [0.05, 0.1) is 6.42 Å². The maximum Gasteiger partial charge on any atom is 0.387 e. The van der Waals surface area contributed by atoms with E-state index in [1.54, 1.807) is 24.3 Å². The average Bonchev–Trinajstić information content (AvgIpc) is 3.09. The lowest BCUT2D eigenvalue weighted by molar-refractivity contribution is -0.147. The summed E-state index contributed by atoms with van der Waals surface area (Å²) in [6.45, 7) is -3.66. The van der Waals surface area contributed by atoms with Crippen LogP contribution in [-0.2, 0) is 20.7 Å². The van der Waals surface area contributed by atoms with E-state index in [4.69, 9.17) is 9.26 Å². The van der Waals surface area contributed by atoms with Crippen LogP contribution in [0.1, 0.15) is 16.1 Å². The molecule has 0 fully saturated rings. The van der Waals surface area contributed by atoms with Gasteiger partial charge in [0.1, 0.15) is 11.4 Å². The molecule has 10 heteroatoms. The minimum atomic E-state index is -2.99. The number of hydrogen-bond acceptors (Lipinski definition) is 7. The molecule has 0 aliphatic rings. The van der Waals surface area contributed by atoms with E-state index in [0.29, 0.717) is 16.7 Å². The van der Waals surface area contributed by atoms with E-state index >= 15 is 0 Å². The zero-order chi connectivity index (χ0) is 20.8. The molecular weight excluding hydrogens is 390 g/mol. The van der Waals surface area contributed by atoms with Gasteiger partial charge in [-0.2, -0.15) is 8.78 Å². The van der Waals surface area contributed by atoms with Crippen LogP contribution in [0.3, 0.4) is 0 Å². The van der Waals surface area contributed by atoms with Gasteiger partial charge in [-0.3, -0.25) is 19.7 Å². The fourth-order valence-electron chi connectivity index (χ4n) is 2.42. The highest BCUT2D eigenvalue weighted by Gasteiger charge is 2.16. The van der Waals surface area contributed by atoms with Crippen LogP contribution in [0.4, 0.5) is 8.78 Å². The lowest BCUT2D eigenvalue weighted by Crippen LogP contribution is -2.34. The number of halogens is 2. The van der Waals surface area contributed by atoms with Crippen LogP contribution >= 0.6 is 0 Å². The molecule has 1 heterocycles. The van der Waals surface area contributed by atoms with E-state index in [0.717, 1.165) is 12.1 Å². The highest BCUT2D eigenvalue weighted by atomic mass is 19.3. The highest BCUT2D eigenvalue weighted by Crippen LogP contribution is 2.18. The first kappa shape index (κ1) is 19.9.